The highest BCUT2D eigenvalue weighted by Gasteiger charge is 1.95. The molecule has 0 saturated carbocycles. The normalized spacial score (nSPS) is 9.70. The predicted molar refractivity (Wildman–Crippen MR) is 94.0 cm³/mol. The average Bonchev–Trinajstić information content (AvgIpc) is 2.43. The smallest absolute Gasteiger partial charge is 0.303 e. The molecule has 3 heteroatoms. The largest absolute Gasteiger partial charge is 0.481 e. The second kappa shape index (κ2) is 14.8. The fourth-order valence-corrected chi connectivity index (χ4v) is 2.24. The minimum Gasteiger partial charge on any atom is -0.481 e. The van der Waals surface area contributed by atoms with Crippen LogP contribution in [-0.2, 0) is 4.79 Å². The third-order valence-electron chi connectivity index (χ3n) is 2.98. The van der Waals surface area contributed by atoms with Gasteiger partial charge in [-0.05, 0) is 41.1 Å². The van der Waals surface area contributed by atoms with E-state index in [2.05, 4.69) is 41.6 Å². The zero-order chi connectivity index (χ0) is 15.1. The third-order valence-corrected chi connectivity index (χ3v) is 3.70. The van der Waals surface area contributed by atoms with Gasteiger partial charge in [-0.3, -0.25) is 4.79 Å². The van der Waals surface area contributed by atoms with Crippen molar-refractivity contribution in [3.63, 3.8) is 0 Å². The number of halogens is 1. The Hall–Kier alpha value is -0.580. The Labute approximate surface area is 137 Å². The molecule has 0 aromatic heterocycles. The van der Waals surface area contributed by atoms with Crippen LogP contribution in [0, 0.1) is 3.57 Å². The average molecular weight is 390 g/mol. The zero-order valence-electron chi connectivity index (χ0n) is 12.5. The lowest BCUT2D eigenvalue weighted by atomic mass is 10.1. The lowest BCUT2D eigenvalue weighted by molar-refractivity contribution is -0.137. The van der Waals surface area contributed by atoms with Crippen molar-refractivity contribution in [1.82, 2.24) is 0 Å². The number of rotatable bonds is 9. The Balaban J connectivity index is 0.000000428. The maximum atomic E-state index is 10.2. The molecule has 0 bridgehead atoms. The van der Waals surface area contributed by atoms with E-state index in [1.54, 1.807) is 0 Å². The molecule has 1 rings (SSSR count). The Morgan fingerprint density at radius 1 is 0.950 bits per heavy atom. The second-order valence-electron chi connectivity index (χ2n) is 4.91. The van der Waals surface area contributed by atoms with Crippen LogP contribution in [0.3, 0.4) is 0 Å². The number of hydrogen-bond donors (Lipinski definition) is 1. The molecule has 1 aromatic carbocycles. The lowest BCUT2D eigenvalue weighted by Gasteiger charge is -1.99. The van der Waals surface area contributed by atoms with Crippen LogP contribution in [-0.4, -0.2) is 11.1 Å². The van der Waals surface area contributed by atoms with Crippen molar-refractivity contribution in [2.24, 2.45) is 0 Å². The van der Waals surface area contributed by atoms with Gasteiger partial charge in [0.15, 0.2) is 0 Å². The van der Waals surface area contributed by atoms with Gasteiger partial charge in [-0.25, -0.2) is 0 Å². The van der Waals surface area contributed by atoms with E-state index in [0.29, 0.717) is 6.42 Å². The van der Waals surface area contributed by atoms with E-state index in [-0.39, 0.29) is 0 Å². The lowest BCUT2D eigenvalue weighted by Crippen LogP contribution is -1.93. The zero-order valence-corrected chi connectivity index (χ0v) is 14.6. The molecule has 1 N–H and O–H groups in total. The van der Waals surface area contributed by atoms with Crippen molar-refractivity contribution in [3.05, 3.63) is 33.9 Å². The fourth-order valence-electron chi connectivity index (χ4n) is 1.82. The molecule has 0 radical (unpaired) electrons. The van der Waals surface area contributed by atoms with Crippen LogP contribution >= 0.6 is 22.6 Å². The van der Waals surface area contributed by atoms with E-state index in [1.165, 1.54) is 42.1 Å². The highest BCUT2D eigenvalue weighted by Crippen LogP contribution is 2.09. The monoisotopic (exact) mass is 390 g/mol. The van der Waals surface area contributed by atoms with Gasteiger partial charge in [-0.15, -0.1) is 0 Å². The van der Waals surface area contributed by atoms with Gasteiger partial charge in [0.25, 0.3) is 0 Å². The maximum absolute atomic E-state index is 10.2. The molecule has 0 aliphatic carbocycles. The van der Waals surface area contributed by atoms with Crippen LogP contribution < -0.4 is 0 Å². The highest BCUT2D eigenvalue weighted by atomic mass is 127. The minimum atomic E-state index is -0.661. The van der Waals surface area contributed by atoms with Crippen LogP contribution in [0.2, 0.25) is 0 Å². The van der Waals surface area contributed by atoms with Gasteiger partial charge >= 0.3 is 5.97 Å². The van der Waals surface area contributed by atoms with E-state index in [9.17, 15) is 4.79 Å². The molecular weight excluding hydrogens is 363 g/mol. The molecule has 0 saturated heterocycles. The molecule has 0 unspecified atom stereocenters. The first-order chi connectivity index (χ1) is 9.66. The van der Waals surface area contributed by atoms with E-state index in [0.717, 1.165) is 12.8 Å². The first-order valence-corrected chi connectivity index (χ1v) is 8.67. The number of aliphatic carboxylic acids is 1. The summed E-state index contributed by atoms with van der Waals surface area (Å²) < 4.78 is 1.29. The van der Waals surface area contributed by atoms with E-state index >= 15 is 0 Å². The molecule has 114 valence electrons. The minimum absolute atomic E-state index is 0.342. The van der Waals surface area contributed by atoms with E-state index < -0.39 is 5.97 Å². The molecule has 0 spiro atoms. The van der Waals surface area contributed by atoms with Crippen molar-refractivity contribution < 1.29 is 9.90 Å². The van der Waals surface area contributed by atoms with Crippen molar-refractivity contribution in [1.29, 1.82) is 0 Å². The third kappa shape index (κ3) is 15.5. The molecule has 0 atom stereocenters. The summed E-state index contributed by atoms with van der Waals surface area (Å²) >= 11 is 2.28. The summed E-state index contributed by atoms with van der Waals surface area (Å²) in [4.78, 5) is 10.2. The summed E-state index contributed by atoms with van der Waals surface area (Å²) in [6, 6.07) is 10.2. The van der Waals surface area contributed by atoms with Gasteiger partial charge in [-0.1, -0.05) is 70.1 Å². The molecule has 0 heterocycles. The number of unbranched alkanes of at least 4 members (excludes halogenated alkanes) is 7. The number of carbonyl (C=O) groups is 1. The fraction of sp³-hybridized carbons (Fsp3) is 0.588. The van der Waals surface area contributed by atoms with E-state index in [1.807, 2.05) is 18.2 Å². The van der Waals surface area contributed by atoms with Crippen LogP contribution in [0.1, 0.15) is 64.7 Å². The maximum Gasteiger partial charge on any atom is 0.303 e. The summed E-state index contributed by atoms with van der Waals surface area (Å²) in [7, 11) is 0. The summed E-state index contributed by atoms with van der Waals surface area (Å²) in [6.45, 7) is 2.22. The first kappa shape index (κ1) is 19.4. The van der Waals surface area contributed by atoms with Crippen LogP contribution in [0.5, 0.6) is 0 Å². The summed E-state index contributed by atoms with van der Waals surface area (Å²) in [5, 5.41) is 8.39. The Bertz CT molecular complexity index is 325. The number of benzene rings is 1. The Morgan fingerprint density at radius 3 is 1.85 bits per heavy atom. The standard InChI is InChI=1S/C11H22O2.C6H5I/c1-2-3-4-5-6-7-8-9-10-11(12)13;7-6-4-2-1-3-5-6/h2-10H2,1H3,(H,12,13);1-5H. The van der Waals surface area contributed by atoms with Crippen molar-refractivity contribution >= 4 is 28.6 Å². The van der Waals surface area contributed by atoms with E-state index in [4.69, 9.17) is 5.11 Å². The van der Waals surface area contributed by atoms with Crippen molar-refractivity contribution in [2.75, 3.05) is 0 Å². The van der Waals surface area contributed by atoms with Gasteiger partial charge in [0.2, 0.25) is 0 Å². The topological polar surface area (TPSA) is 37.3 Å². The van der Waals surface area contributed by atoms with Crippen LogP contribution in [0.4, 0.5) is 0 Å². The summed E-state index contributed by atoms with van der Waals surface area (Å²) in [5.74, 6) is -0.661. The van der Waals surface area contributed by atoms with Crippen molar-refractivity contribution in [3.8, 4) is 0 Å². The Morgan fingerprint density at radius 2 is 1.45 bits per heavy atom. The molecule has 0 amide bonds. The second-order valence-corrected chi connectivity index (χ2v) is 6.16. The highest BCUT2D eigenvalue weighted by molar-refractivity contribution is 14.1. The van der Waals surface area contributed by atoms with Crippen LogP contribution in [0.25, 0.3) is 0 Å². The molecule has 2 nitrogen and oxygen atoms in total. The SMILES string of the molecule is CCCCCCCCCCC(=O)O.Ic1ccccc1. The molecule has 1 aromatic rings. The number of hydrogen-bond acceptors (Lipinski definition) is 1. The molecule has 0 aliphatic heterocycles. The summed E-state index contributed by atoms with van der Waals surface area (Å²) in [6.07, 6.45) is 10.1. The number of carboxylic acid groups (broad SMARTS) is 1. The molecular formula is C17H27IO2. The summed E-state index contributed by atoms with van der Waals surface area (Å²) in [5.41, 5.74) is 0. The predicted octanol–water partition coefficient (Wildman–Crippen LogP) is 5.89. The molecule has 0 fully saturated rings. The first-order valence-electron chi connectivity index (χ1n) is 7.59. The quantitative estimate of drug-likeness (QED) is 0.422. The number of carboxylic acids is 1. The van der Waals surface area contributed by atoms with Gasteiger partial charge < -0.3 is 5.11 Å². The van der Waals surface area contributed by atoms with Gasteiger partial charge in [-0.2, -0.15) is 0 Å². The van der Waals surface area contributed by atoms with Crippen molar-refractivity contribution in [2.45, 2.75) is 64.7 Å². The van der Waals surface area contributed by atoms with Gasteiger partial charge in [0.05, 0.1) is 0 Å². The van der Waals surface area contributed by atoms with Gasteiger partial charge in [0.1, 0.15) is 0 Å². The molecule has 20 heavy (non-hydrogen) atoms. The van der Waals surface area contributed by atoms with Crippen LogP contribution in [0.15, 0.2) is 30.3 Å². The van der Waals surface area contributed by atoms with Gasteiger partial charge in [0, 0.05) is 9.99 Å². The Kier molecular flexibility index (Phi) is 14.4. The molecule has 0 aliphatic rings.